The summed E-state index contributed by atoms with van der Waals surface area (Å²) in [5.41, 5.74) is -2.01. The molecule has 0 bridgehead atoms. The molecule has 1 N–H and O–H groups in total. The van der Waals surface area contributed by atoms with Gasteiger partial charge in [0.2, 0.25) is 0 Å². The predicted molar refractivity (Wildman–Crippen MR) is 51.2 cm³/mol. The molecular formula is C11H10F5N. The van der Waals surface area contributed by atoms with Crippen molar-refractivity contribution in [2.24, 2.45) is 0 Å². The summed E-state index contributed by atoms with van der Waals surface area (Å²) in [6, 6.07) is 2.73. The van der Waals surface area contributed by atoms with Crippen molar-refractivity contribution in [2.45, 2.75) is 31.1 Å². The largest absolute Gasteiger partial charge is 0.406 e. The Balaban J connectivity index is 2.06. The van der Waals surface area contributed by atoms with Crippen molar-refractivity contribution in [3.8, 4) is 0 Å². The second kappa shape index (κ2) is 3.94. The number of hydrogen-bond acceptors (Lipinski definition) is 1. The molecule has 1 fully saturated rings. The molecule has 1 saturated carbocycles. The Labute approximate surface area is 94.6 Å². The molecule has 0 aliphatic heterocycles. The van der Waals surface area contributed by atoms with Crippen LogP contribution in [0.1, 0.15) is 18.4 Å². The standard InChI is InChI=1S/C11H10F5N/c12-8-1-2-9(13)7(5-8)6-17-10(3-4-10)11(14,15)16/h1-2,5,17H,3-4,6H2. The first-order valence-corrected chi connectivity index (χ1v) is 5.10. The van der Waals surface area contributed by atoms with Crippen molar-refractivity contribution < 1.29 is 22.0 Å². The highest BCUT2D eigenvalue weighted by Gasteiger charge is 2.62. The van der Waals surface area contributed by atoms with Crippen molar-refractivity contribution >= 4 is 0 Å². The summed E-state index contributed by atoms with van der Waals surface area (Å²) >= 11 is 0. The molecule has 1 aromatic carbocycles. The number of nitrogens with one attached hydrogen (secondary N) is 1. The maximum atomic E-state index is 13.2. The Morgan fingerprint density at radius 2 is 1.82 bits per heavy atom. The minimum Gasteiger partial charge on any atom is -0.299 e. The van der Waals surface area contributed by atoms with Crippen LogP contribution < -0.4 is 5.32 Å². The molecule has 94 valence electrons. The summed E-state index contributed by atoms with van der Waals surface area (Å²) in [4.78, 5) is 0. The van der Waals surface area contributed by atoms with E-state index in [1.807, 2.05) is 0 Å². The van der Waals surface area contributed by atoms with E-state index in [0.717, 1.165) is 18.2 Å². The van der Waals surface area contributed by atoms with Gasteiger partial charge in [0.15, 0.2) is 0 Å². The van der Waals surface area contributed by atoms with E-state index in [4.69, 9.17) is 0 Å². The minimum absolute atomic E-state index is 0.0204. The Morgan fingerprint density at radius 3 is 2.35 bits per heavy atom. The first-order chi connectivity index (χ1) is 7.84. The molecule has 0 heterocycles. The fourth-order valence-electron chi connectivity index (χ4n) is 1.63. The molecule has 17 heavy (non-hydrogen) atoms. The van der Waals surface area contributed by atoms with E-state index in [2.05, 4.69) is 5.32 Å². The zero-order chi connectivity index (χ0) is 12.7. The quantitative estimate of drug-likeness (QED) is 0.814. The zero-order valence-corrected chi connectivity index (χ0v) is 8.74. The van der Waals surface area contributed by atoms with Crippen LogP contribution in [0.5, 0.6) is 0 Å². The highest BCUT2D eigenvalue weighted by atomic mass is 19.4. The first kappa shape index (κ1) is 12.3. The van der Waals surface area contributed by atoms with Crippen molar-refractivity contribution in [1.29, 1.82) is 0 Å². The van der Waals surface area contributed by atoms with E-state index in [9.17, 15) is 22.0 Å². The fraction of sp³-hybridized carbons (Fsp3) is 0.455. The summed E-state index contributed by atoms with van der Waals surface area (Å²) in [5.74, 6) is -1.38. The molecule has 1 aliphatic carbocycles. The topological polar surface area (TPSA) is 12.0 Å². The second-order valence-corrected chi connectivity index (χ2v) is 4.17. The molecule has 1 nitrogen and oxygen atoms in total. The lowest BCUT2D eigenvalue weighted by Gasteiger charge is -2.20. The average molecular weight is 251 g/mol. The number of alkyl halides is 3. The molecular weight excluding hydrogens is 241 g/mol. The summed E-state index contributed by atoms with van der Waals surface area (Å²) in [6.45, 7) is -0.330. The van der Waals surface area contributed by atoms with Gasteiger partial charge in [0.25, 0.3) is 0 Å². The summed E-state index contributed by atoms with van der Waals surface area (Å²) < 4.78 is 63.6. The first-order valence-electron chi connectivity index (χ1n) is 5.10. The maximum Gasteiger partial charge on any atom is 0.406 e. The van der Waals surface area contributed by atoms with Gasteiger partial charge in [-0.25, -0.2) is 8.78 Å². The van der Waals surface area contributed by atoms with Crippen molar-refractivity contribution in [2.75, 3.05) is 0 Å². The molecule has 2 rings (SSSR count). The molecule has 0 atom stereocenters. The SMILES string of the molecule is Fc1ccc(F)c(CNC2(C(F)(F)F)CC2)c1. The molecule has 0 spiro atoms. The Bertz CT molecular complexity index is 422. The van der Waals surface area contributed by atoms with Crippen LogP contribution in [-0.4, -0.2) is 11.7 Å². The van der Waals surface area contributed by atoms with Gasteiger partial charge >= 0.3 is 6.18 Å². The third-order valence-electron chi connectivity index (χ3n) is 2.92. The Hall–Kier alpha value is -1.17. The summed E-state index contributed by atoms with van der Waals surface area (Å²) in [6.07, 6.45) is -4.39. The van der Waals surface area contributed by atoms with Gasteiger partial charge in [-0.2, -0.15) is 13.2 Å². The Kier molecular flexibility index (Phi) is 2.85. The summed E-state index contributed by atoms with van der Waals surface area (Å²) in [5, 5.41) is 2.26. The number of halogens is 5. The van der Waals surface area contributed by atoms with Crippen LogP contribution in [0.3, 0.4) is 0 Å². The third kappa shape index (κ3) is 2.41. The van der Waals surface area contributed by atoms with Crippen LogP contribution >= 0.6 is 0 Å². The van der Waals surface area contributed by atoms with E-state index in [0.29, 0.717) is 0 Å². The molecule has 0 unspecified atom stereocenters. The average Bonchev–Trinajstić information content (AvgIpc) is 2.99. The van der Waals surface area contributed by atoms with Gasteiger partial charge in [-0.15, -0.1) is 0 Å². The van der Waals surface area contributed by atoms with Gasteiger partial charge in [0, 0.05) is 12.1 Å². The van der Waals surface area contributed by atoms with Gasteiger partial charge in [-0.3, -0.25) is 5.32 Å². The molecule has 1 aliphatic rings. The minimum atomic E-state index is -4.35. The van der Waals surface area contributed by atoms with Crippen LogP contribution in [0.4, 0.5) is 22.0 Å². The van der Waals surface area contributed by atoms with E-state index < -0.39 is 23.3 Å². The van der Waals surface area contributed by atoms with Crippen LogP contribution in [0, 0.1) is 11.6 Å². The molecule has 1 aromatic rings. The van der Waals surface area contributed by atoms with Gasteiger partial charge in [0.1, 0.15) is 17.2 Å². The van der Waals surface area contributed by atoms with Gasteiger partial charge in [0.05, 0.1) is 0 Å². The zero-order valence-electron chi connectivity index (χ0n) is 8.74. The lowest BCUT2D eigenvalue weighted by atomic mass is 10.1. The number of hydrogen-bond donors (Lipinski definition) is 1. The summed E-state index contributed by atoms with van der Waals surface area (Å²) in [7, 11) is 0. The lowest BCUT2D eigenvalue weighted by Crippen LogP contribution is -2.44. The maximum absolute atomic E-state index is 13.2. The van der Waals surface area contributed by atoms with Crippen LogP contribution in [0.25, 0.3) is 0 Å². The van der Waals surface area contributed by atoms with Crippen molar-refractivity contribution in [3.05, 3.63) is 35.4 Å². The van der Waals surface area contributed by atoms with Crippen molar-refractivity contribution in [1.82, 2.24) is 5.32 Å². The van der Waals surface area contributed by atoms with E-state index in [-0.39, 0.29) is 24.9 Å². The van der Waals surface area contributed by atoms with Crippen LogP contribution in [-0.2, 0) is 6.54 Å². The van der Waals surface area contributed by atoms with E-state index >= 15 is 0 Å². The monoisotopic (exact) mass is 251 g/mol. The molecule has 0 saturated heterocycles. The second-order valence-electron chi connectivity index (χ2n) is 4.17. The fourth-order valence-corrected chi connectivity index (χ4v) is 1.63. The van der Waals surface area contributed by atoms with Crippen LogP contribution in [0.15, 0.2) is 18.2 Å². The van der Waals surface area contributed by atoms with Crippen LogP contribution in [0.2, 0.25) is 0 Å². The number of rotatable bonds is 3. The molecule has 0 radical (unpaired) electrons. The Morgan fingerprint density at radius 1 is 1.18 bits per heavy atom. The molecule has 0 amide bonds. The molecule has 0 aromatic heterocycles. The van der Waals surface area contributed by atoms with Gasteiger partial charge in [-0.05, 0) is 31.0 Å². The van der Waals surface area contributed by atoms with E-state index in [1.54, 1.807) is 0 Å². The van der Waals surface area contributed by atoms with Gasteiger partial charge in [-0.1, -0.05) is 0 Å². The van der Waals surface area contributed by atoms with Crippen molar-refractivity contribution in [3.63, 3.8) is 0 Å². The van der Waals surface area contributed by atoms with Gasteiger partial charge < -0.3 is 0 Å². The lowest BCUT2D eigenvalue weighted by molar-refractivity contribution is -0.166. The smallest absolute Gasteiger partial charge is 0.299 e. The van der Waals surface area contributed by atoms with E-state index in [1.165, 1.54) is 0 Å². The highest BCUT2D eigenvalue weighted by Crippen LogP contribution is 2.49. The molecule has 6 heteroatoms. The normalized spacial score (nSPS) is 18.2. The number of benzene rings is 1. The highest BCUT2D eigenvalue weighted by molar-refractivity contribution is 5.20. The third-order valence-corrected chi connectivity index (χ3v) is 2.92. The predicted octanol–water partition coefficient (Wildman–Crippen LogP) is 3.15.